The number of nitrogens with one attached hydrogen (secondary N) is 3. The molecule has 3 rings (SSSR count). The SMILES string of the molecule is CCNC(=O)c1ccc(NC(=O)C2Cc3ccccc3CN2)cc1. The van der Waals surface area contributed by atoms with Gasteiger partial charge in [-0.25, -0.2) is 0 Å². The summed E-state index contributed by atoms with van der Waals surface area (Å²) in [6, 6.07) is 14.8. The predicted octanol–water partition coefficient (Wildman–Crippen LogP) is 2.09. The Morgan fingerprint density at radius 3 is 2.50 bits per heavy atom. The largest absolute Gasteiger partial charge is 0.352 e. The van der Waals surface area contributed by atoms with Gasteiger partial charge in [0.15, 0.2) is 0 Å². The second kappa shape index (κ2) is 7.27. The van der Waals surface area contributed by atoms with Crippen LogP contribution >= 0.6 is 0 Å². The Hall–Kier alpha value is -2.66. The van der Waals surface area contributed by atoms with Crippen molar-refractivity contribution in [2.24, 2.45) is 0 Å². The van der Waals surface area contributed by atoms with Gasteiger partial charge in [0.1, 0.15) is 0 Å². The molecule has 0 fully saturated rings. The number of carbonyl (C=O) groups excluding carboxylic acids is 2. The number of anilines is 1. The summed E-state index contributed by atoms with van der Waals surface area (Å²) in [5.41, 5.74) is 3.73. The fourth-order valence-electron chi connectivity index (χ4n) is 2.84. The van der Waals surface area contributed by atoms with E-state index < -0.39 is 0 Å². The van der Waals surface area contributed by atoms with E-state index in [0.717, 1.165) is 0 Å². The summed E-state index contributed by atoms with van der Waals surface area (Å²) in [7, 11) is 0. The van der Waals surface area contributed by atoms with E-state index in [0.29, 0.717) is 30.8 Å². The summed E-state index contributed by atoms with van der Waals surface area (Å²) in [6.07, 6.45) is 0.680. The predicted molar refractivity (Wildman–Crippen MR) is 93.9 cm³/mol. The van der Waals surface area contributed by atoms with Crippen molar-refractivity contribution in [2.75, 3.05) is 11.9 Å². The van der Waals surface area contributed by atoms with Crippen LogP contribution in [0.2, 0.25) is 0 Å². The number of carbonyl (C=O) groups is 2. The molecule has 1 aliphatic heterocycles. The summed E-state index contributed by atoms with van der Waals surface area (Å²) >= 11 is 0. The molecule has 1 unspecified atom stereocenters. The van der Waals surface area contributed by atoms with E-state index in [1.807, 2.05) is 19.1 Å². The average Bonchev–Trinajstić information content (AvgIpc) is 2.62. The molecule has 5 heteroatoms. The molecule has 1 heterocycles. The monoisotopic (exact) mass is 323 g/mol. The van der Waals surface area contributed by atoms with Crippen LogP contribution in [-0.4, -0.2) is 24.4 Å². The van der Waals surface area contributed by atoms with Crippen molar-refractivity contribution < 1.29 is 9.59 Å². The second-order valence-corrected chi connectivity index (χ2v) is 5.83. The lowest BCUT2D eigenvalue weighted by atomic mass is 9.95. The lowest BCUT2D eigenvalue weighted by Gasteiger charge is -2.25. The van der Waals surface area contributed by atoms with E-state index in [9.17, 15) is 9.59 Å². The van der Waals surface area contributed by atoms with E-state index in [-0.39, 0.29) is 17.9 Å². The highest BCUT2D eigenvalue weighted by molar-refractivity contribution is 5.97. The summed E-state index contributed by atoms with van der Waals surface area (Å²) in [5.74, 6) is -0.170. The van der Waals surface area contributed by atoms with Crippen molar-refractivity contribution in [2.45, 2.75) is 25.9 Å². The van der Waals surface area contributed by atoms with Crippen LogP contribution in [0.1, 0.15) is 28.4 Å². The molecule has 0 bridgehead atoms. The van der Waals surface area contributed by atoms with Crippen LogP contribution in [0.3, 0.4) is 0 Å². The van der Waals surface area contributed by atoms with E-state index in [2.05, 4.69) is 28.1 Å². The highest BCUT2D eigenvalue weighted by atomic mass is 16.2. The first kappa shape index (κ1) is 16.2. The maximum Gasteiger partial charge on any atom is 0.251 e. The van der Waals surface area contributed by atoms with Gasteiger partial charge in [-0.1, -0.05) is 24.3 Å². The minimum absolute atomic E-state index is 0.0599. The molecule has 1 aliphatic rings. The molecule has 0 saturated carbocycles. The van der Waals surface area contributed by atoms with Crippen LogP contribution in [0, 0.1) is 0 Å². The number of rotatable bonds is 4. The van der Waals surface area contributed by atoms with E-state index in [1.54, 1.807) is 24.3 Å². The molecule has 0 saturated heterocycles. The van der Waals surface area contributed by atoms with Crippen LogP contribution in [0.15, 0.2) is 48.5 Å². The third-order valence-corrected chi connectivity index (χ3v) is 4.15. The molecule has 0 radical (unpaired) electrons. The Labute approximate surface area is 141 Å². The molecule has 2 aromatic rings. The van der Waals surface area contributed by atoms with Gasteiger partial charge in [-0.05, 0) is 48.7 Å². The van der Waals surface area contributed by atoms with E-state index >= 15 is 0 Å². The third-order valence-electron chi connectivity index (χ3n) is 4.15. The minimum atomic E-state index is -0.247. The Bertz CT molecular complexity index is 741. The van der Waals surface area contributed by atoms with Crippen molar-refractivity contribution in [3.05, 3.63) is 65.2 Å². The fraction of sp³-hybridized carbons (Fsp3) is 0.263. The Morgan fingerprint density at radius 1 is 1.08 bits per heavy atom. The van der Waals surface area contributed by atoms with Gasteiger partial charge in [0.25, 0.3) is 5.91 Å². The standard InChI is InChI=1S/C19H21N3O2/c1-2-20-18(23)13-7-9-16(10-8-13)22-19(24)17-11-14-5-3-4-6-15(14)12-21-17/h3-10,17,21H,2,11-12H2,1H3,(H,20,23)(H,22,24). The van der Waals surface area contributed by atoms with Crippen LogP contribution in [0.4, 0.5) is 5.69 Å². The molecule has 124 valence electrons. The molecular weight excluding hydrogens is 302 g/mol. The van der Waals surface area contributed by atoms with Crippen molar-refractivity contribution in [1.29, 1.82) is 0 Å². The average molecular weight is 323 g/mol. The first-order valence-electron chi connectivity index (χ1n) is 8.16. The molecule has 2 amide bonds. The molecule has 5 nitrogen and oxygen atoms in total. The minimum Gasteiger partial charge on any atom is -0.352 e. The van der Waals surface area contributed by atoms with Crippen LogP contribution in [0.25, 0.3) is 0 Å². The molecule has 3 N–H and O–H groups in total. The molecule has 0 aliphatic carbocycles. The summed E-state index contributed by atoms with van der Waals surface area (Å²) in [6.45, 7) is 3.17. The van der Waals surface area contributed by atoms with Crippen molar-refractivity contribution in [1.82, 2.24) is 10.6 Å². The Kier molecular flexibility index (Phi) is 4.91. The summed E-state index contributed by atoms with van der Waals surface area (Å²) in [4.78, 5) is 24.2. The first-order valence-corrected chi connectivity index (χ1v) is 8.16. The highest BCUT2D eigenvalue weighted by Crippen LogP contribution is 2.17. The molecule has 0 aromatic heterocycles. The number of benzene rings is 2. The maximum absolute atomic E-state index is 12.4. The van der Waals surface area contributed by atoms with Gasteiger partial charge in [0, 0.05) is 24.3 Å². The van der Waals surface area contributed by atoms with Gasteiger partial charge < -0.3 is 16.0 Å². The second-order valence-electron chi connectivity index (χ2n) is 5.83. The van der Waals surface area contributed by atoms with Crippen LogP contribution in [0.5, 0.6) is 0 Å². The lowest BCUT2D eigenvalue weighted by Crippen LogP contribution is -2.44. The van der Waals surface area contributed by atoms with Gasteiger partial charge in [-0.2, -0.15) is 0 Å². The molecule has 2 aromatic carbocycles. The normalized spacial score (nSPS) is 16.1. The number of hydrogen-bond acceptors (Lipinski definition) is 3. The molecular formula is C19H21N3O2. The highest BCUT2D eigenvalue weighted by Gasteiger charge is 2.23. The molecule has 24 heavy (non-hydrogen) atoms. The van der Waals surface area contributed by atoms with Gasteiger partial charge in [-0.3, -0.25) is 9.59 Å². The fourth-order valence-corrected chi connectivity index (χ4v) is 2.84. The summed E-state index contributed by atoms with van der Waals surface area (Å²) in [5, 5.41) is 8.92. The van der Waals surface area contributed by atoms with Gasteiger partial charge >= 0.3 is 0 Å². The molecule has 1 atom stereocenters. The third kappa shape index (κ3) is 3.63. The number of hydrogen-bond donors (Lipinski definition) is 3. The van der Waals surface area contributed by atoms with Crippen molar-refractivity contribution in [3.63, 3.8) is 0 Å². The zero-order chi connectivity index (χ0) is 16.9. The first-order chi connectivity index (χ1) is 11.7. The zero-order valence-corrected chi connectivity index (χ0v) is 13.6. The Morgan fingerprint density at radius 2 is 1.79 bits per heavy atom. The van der Waals surface area contributed by atoms with Gasteiger partial charge in [-0.15, -0.1) is 0 Å². The summed E-state index contributed by atoms with van der Waals surface area (Å²) < 4.78 is 0. The quantitative estimate of drug-likeness (QED) is 0.807. The van der Waals surface area contributed by atoms with Crippen LogP contribution in [-0.2, 0) is 17.8 Å². The molecule has 0 spiro atoms. The van der Waals surface area contributed by atoms with Gasteiger partial charge in [0.05, 0.1) is 6.04 Å². The lowest BCUT2D eigenvalue weighted by molar-refractivity contribution is -0.118. The number of fused-ring (bicyclic) bond motifs is 1. The van der Waals surface area contributed by atoms with Gasteiger partial charge in [0.2, 0.25) is 5.91 Å². The number of amides is 2. The van der Waals surface area contributed by atoms with E-state index in [4.69, 9.17) is 0 Å². The maximum atomic E-state index is 12.4. The van der Waals surface area contributed by atoms with Crippen LogP contribution < -0.4 is 16.0 Å². The van der Waals surface area contributed by atoms with E-state index in [1.165, 1.54) is 11.1 Å². The Balaban J connectivity index is 1.62. The van der Waals surface area contributed by atoms with Crippen molar-refractivity contribution in [3.8, 4) is 0 Å². The smallest absolute Gasteiger partial charge is 0.251 e. The zero-order valence-electron chi connectivity index (χ0n) is 13.6. The topological polar surface area (TPSA) is 70.2 Å². The van der Waals surface area contributed by atoms with Crippen molar-refractivity contribution >= 4 is 17.5 Å².